The Morgan fingerprint density at radius 3 is 1.92 bits per heavy atom. The highest BCUT2D eigenvalue weighted by Gasteiger charge is 2.62. The Kier molecular flexibility index (Phi) is 8.68. The summed E-state index contributed by atoms with van der Waals surface area (Å²) in [7, 11) is 0. The quantitative estimate of drug-likeness (QED) is 0.323. The molecule has 0 aliphatic carbocycles. The van der Waals surface area contributed by atoms with Crippen LogP contribution in [0.2, 0.25) is 0 Å². The fourth-order valence-electron chi connectivity index (χ4n) is 3.71. The molecule has 9 nitrogen and oxygen atoms in total. The van der Waals surface area contributed by atoms with E-state index in [-0.39, 0.29) is 19.6 Å². The average Bonchev–Trinajstić information content (AvgIpc) is 3.58. The summed E-state index contributed by atoms with van der Waals surface area (Å²) >= 11 is 0. The number of amides is 2. The third kappa shape index (κ3) is 7.31. The summed E-state index contributed by atoms with van der Waals surface area (Å²) in [5.41, 5.74) is 0.775. The van der Waals surface area contributed by atoms with E-state index in [0.29, 0.717) is 0 Å². The van der Waals surface area contributed by atoms with Crippen molar-refractivity contribution in [2.45, 2.75) is 64.4 Å². The van der Waals surface area contributed by atoms with Crippen LogP contribution < -0.4 is 5.32 Å². The summed E-state index contributed by atoms with van der Waals surface area (Å²) in [6, 6.07) is 14.8. The van der Waals surface area contributed by atoms with Gasteiger partial charge in [0.25, 0.3) is 0 Å². The van der Waals surface area contributed by atoms with Crippen LogP contribution in [0.5, 0.6) is 0 Å². The summed E-state index contributed by atoms with van der Waals surface area (Å²) in [6.07, 6.45) is -0.647. The number of benzene rings is 2. The minimum atomic E-state index is -1.14. The van der Waals surface area contributed by atoms with Gasteiger partial charge in [-0.2, -0.15) is 0 Å². The van der Waals surface area contributed by atoms with Crippen molar-refractivity contribution < 1.29 is 33.4 Å². The minimum Gasteiger partial charge on any atom is -0.464 e. The van der Waals surface area contributed by atoms with Gasteiger partial charge in [-0.3, -0.25) is 4.79 Å². The van der Waals surface area contributed by atoms with Crippen LogP contribution in [-0.2, 0) is 41.6 Å². The molecule has 0 radical (unpaired) electrons. The van der Waals surface area contributed by atoms with Crippen LogP contribution >= 0.6 is 0 Å². The summed E-state index contributed by atoms with van der Waals surface area (Å²) in [5.74, 6) is -2.03. The fourth-order valence-corrected chi connectivity index (χ4v) is 3.71. The molecule has 1 aliphatic rings. The van der Waals surface area contributed by atoms with E-state index in [1.807, 2.05) is 48.5 Å². The molecule has 1 fully saturated rings. The predicted molar refractivity (Wildman–Crippen MR) is 131 cm³/mol. The second-order valence-corrected chi connectivity index (χ2v) is 9.37. The molecule has 192 valence electrons. The van der Waals surface area contributed by atoms with E-state index in [1.165, 1.54) is 0 Å². The van der Waals surface area contributed by atoms with Gasteiger partial charge in [-0.05, 0) is 38.8 Å². The Hall–Kier alpha value is -3.88. The van der Waals surface area contributed by atoms with E-state index < -0.39 is 47.7 Å². The zero-order valence-electron chi connectivity index (χ0n) is 20.9. The van der Waals surface area contributed by atoms with Gasteiger partial charge in [0.15, 0.2) is 12.1 Å². The van der Waals surface area contributed by atoms with Crippen LogP contribution in [0, 0.1) is 0 Å². The van der Waals surface area contributed by atoms with Crippen LogP contribution in [0.25, 0.3) is 0 Å². The maximum absolute atomic E-state index is 13.6. The van der Waals surface area contributed by atoms with E-state index in [4.69, 9.17) is 14.2 Å². The number of carbonyl (C=O) groups excluding carboxylic acids is 4. The van der Waals surface area contributed by atoms with Crippen molar-refractivity contribution in [2.75, 3.05) is 6.61 Å². The first-order chi connectivity index (χ1) is 17.1. The number of hydrogen-bond acceptors (Lipinski definition) is 7. The van der Waals surface area contributed by atoms with Gasteiger partial charge in [0.2, 0.25) is 5.91 Å². The van der Waals surface area contributed by atoms with Crippen LogP contribution in [0.4, 0.5) is 4.79 Å². The Morgan fingerprint density at radius 2 is 1.39 bits per heavy atom. The molecule has 9 heteroatoms. The molecule has 0 saturated carbocycles. The number of nitrogens with one attached hydrogen (secondary N) is 1. The molecule has 0 unspecified atom stereocenters. The van der Waals surface area contributed by atoms with E-state index in [2.05, 4.69) is 5.32 Å². The molecule has 36 heavy (non-hydrogen) atoms. The highest BCUT2D eigenvalue weighted by molar-refractivity contribution is 6.02. The molecule has 2 amide bonds. The molecule has 0 spiro atoms. The highest BCUT2D eigenvalue weighted by atomic mass is 16.6. The second kappa shape index (κ2) is 11.7. The van der Waals surface area contributed by atoms with Crippen molar-refractivity contribution in [1.29, 1.82) is 0 Å². The zero-order valence-corrected chi connectivity index (χ0v) is 20.9. The fraction of sp³-hybridized carbons (Fsp3) is 0.407. The van der Waals surface area contributed by atoms with Gasteiger partial charge in [-0.15, -0.1) is 0 Å². The maximum atomic E-state index is 13.6. The van der Waals surface area contributed by atoms with Crippen molar-refractivity contribution in [1.82, 2.24) is 10.2 Å². The Balaban J connectivity index is 1.79. The number of esters is 2. The second-order valence-electron chi connectivity index (χ2n) is 9.37. The standard InChI is InChI=1S/C27H32N2O7/c1-5-34-24(31)21-22(25(32)35-17-19-14-10-7-11-15-19)29(21)23(30)20(16-18-12-8-6-9-13-18)28-26(33)36-27(2,3)4/h6-15,20-22H,5,16-17H2,1-4H3,(H,28,33)/t20-,21+,22+,29?/m0/s1. The first-order valence-corrected chi connectivity index (χ1v) is 11.8. The number of ether oxygens (including phenoxy) is 3. The first kappa shape index (κ1) is 26.7. The molecule has 3 atom stereocenters. The lowest BCUT2D eigenvalue weighted by atomic mass is 10.1. The minimum absolute atomic E-state index is 0.00263. The average molecular weight is 497 g/mol. The molecule has 1 saturated heterocycles. The van der Waals surface area contributed by atoms with E-state index in [9.17, 15) is 19.2 Å². The van der Waals surface area contributed by atoms with Gasteiger partial charge in [0.1, 0.15) is 18.2 Å². The largest absolute Gasteiger partial charge is 0.464 e. The molecule has 2 aromatic carbocycles. The van der Waals surface area contributed by atoms with Crippen LogP contribution in [0.1, 0.15) is 38.8 Å². The van der Waals surface area contributed by atoms with Crippen molar-refractivity contribution in [3.63, 3.8) is 0 Å². The lowest BCUT2D eigenvalue weighted by molar-refractivity contribution is -0.148. The molecule has 1 aliphatic heterocycles. The Bertz CT molecular complexity index is 1070. The summed E-state index contributed by atoms with van der Waals surface area (Å²) < 4.78 is 15.8. The van der Waals surface area contributed by atoms with E-state index in [0.717, 1.165) is 16.0 Å². The Morgan fingerprint density at radius 1 is 0.861 bits per heavy atom. The lowest BCUT2D eigenvalue weighted by Crippen LogP contribution is -2.48. The van der Waals surface area contributed by atoms with Crippen LogP contribution in [-0.4, -0.2) is 59.2 Å². The molecule has 0 bridgehead atoms. The molecule has 1 N–H and O–H groups in total. The molecular formula is C27H32N2O7. The van der Waals surface area contributed by atoms with Crippen LogP contribution in [0.3, 0.4) is 0 Å². The predicted octanol–water partition coefficient (Wildman–Crippen LogP) is 3.01. The van der Waals surface area contributed by atoms with Gasteiger partial charge >= 0.3 is 18.0 Å². The third-order valence-electron chi connectivity index (χ3n) is 5.33. The SMILES string of the molecule is CCOC(=O)[C@H]1[C@H](C(=O)OCc2ccccc2)N1C(=O)[C@H](Cc1ccccc1)NC(=O)OC(C)(C)C. The zero-order chi connectivity index (χ0) is 26.3. The number of alkyl carbamates (subject to hydrolysis) is 1. The molecule has 1 heterocycles. The van der Waals surface area contributed by atoms with Crippen LogP contribution in [0.15, 0.2) is 60.7 Å². The monoisotopic (exact) mass is 496 g/mol. The molecule has 3 rings (SSSR count). The number of nitrogens with zero attached hydrogens (tertiary/aromatic N) is 1. The molecule has 2 aromatic rings. The summed E-state index contributed by atoms with van der Waals surface area (Å²) in [6.45, 7) is 6.85. The van der Waals surface area contributed by atoms with E-state index >= 15 is 0 Å². The van der Waals surface area contributed by atoms with Gasteiger partial charge < -0.3 is 24.4 Å². The smallest absolute Gasteiger partial charge is 0.408 e. The number of rotatable bonds is 9. The summed E-state index contributed by atoms with van der Waals surface area (Å²) in [4.78, 5) is 52.6. The van der Waals surface area contributed by atoms with E-state index in [1.54, 1.807) is 39.8 Å². The first-order valence-electron chi connectivity index (χ1n) is 11.8. The molecule has 0 aromatic heterocycles. The Labute approximate surface area is 210 Å². The lowest BCUT2D eigenvalue weighted by Gasteiger charge is -2.23. The topological polar surface area (TPSA) is 111 Å². The van der Waals surface area contributed by atoms with Crippen molar-refractivity contribution >= 4 is 23.9 Å². The summed E-state index contributed by atoms with van der Waals surface area (Å²) in [5, 5.41) is 2.60. The van der Waals surface area contributed by atoms with Crippen molar-refractivity contribution in [3.8, 4) is 0 Å². The van der Waals surface area contributed by atoms with Gasteiger partial charge in [-0.25, -0.2) is 14.4 Å². The molecular weight excluding hydrogens is 464 g/mol. The van der Waals surface area contributed by atoms with Gasteiger partial charge in [0.05, 0.1) is 6.61 Å². The van der Waals surface area contributed by atoms with Gasteiger partial charge in [-0.1, -0.05) is 60.7 Å². The van der Waals surface area contributed by atoms with Crippen molar-refractivity contribution in [2.24, 2.45) is 0 Å². The van der Waals surface area contributed by atoms with Gasteiger partial charge in [0, 0.05) is 6.42 Å². The number of carbonyl (C=O) groups is 4. The normalized spacial score (nSPS) is 17.5. The number of hydrogen-bond donors (Lipinski definition) is 1. The maximum Gasteiger partial charge on any atom is 0.408 e. The highest BCUT2D eigenvalue weighted by Crippen LogP contribution is 2.32. The third-order valence-corrected chi connectivity index (χ3v) is 5.33. The van der Waals surface area contributed by atoms with Crippen molar-refractivity contribution in [3.05, 3.63) is 71.8 Å².